The average molecular weight is 229 g/mol. The summed E-state index contributed by atoms with van der Waals surface area (Å²) in [7, 11) is 0. The van der Waals surface area contributed by atoms with Crippen molar-refractivity contribution in [2.75, 3.05) is 12.5 Å². The highest BCUT2D eigenvalue weighted by Gasteiger charge is 2.43. The molecule has 0 aromatic rings. The van der Waals surface area contributed by atoms with Crippen LogP contribution in [0.25, 0.3) is 0 Å². The Morgan fingerprint density at radius 1 is 1.47 bits per heavy atom. The van der Waals surface area contributed by atoms with Crippen molar-refractivity contribution >= 4 is 23.4 Å². The summed E-state index contributed by atoms with van der Waals surface area (Å²) in [5, 5.41) is 0. The molecule has 82 valence electrons. The van der Waals surface area contributed by atoms with Gasteiger partial charge in [-0.3, -0.25) is 9.59 Å². The fourth-order valence-corrected chi connectivity index (χ4v) is 1.71. The number of carbonyl (C=O) groups excluding carboxylic acids is 2. The summed E-state index contributed by atoms with van der Waals surface area (Å²) < 4.78 is 4.90. The van der Waals surface area contributed by atoms with Crippen LogP contribution in [0.15, 0.2) is 24.3 Å². The Balaban J connectivity index is 2.96. The molecule has 0 heterocycles. The van der Waals surface area contributed by atoms with Crippen molar-refractivity contribution in [3.05, 3.63) is 24.3 Å². The molecule has 0 amide bonds. The van der Waals surface area contributed by atoms with Crippen molar-refractivity contribution in [2.24, 2.45) is 5.41 Å². The third-order valence-corrected chi connectivity index (χ3v) is 2.57. The lowest BCUT2D eigenvalue weighted by atomic mass is 9.78. The number of ether oxygens (including phenoxy) is 1. The van der Waals surface area contributed by atoms with Gasteiger partial charge in [-0.1, -0.05) is 24.3 Å². The van der Waals surface area contributed by atoms with Gasteiger partial charge in [-0.2, -0.15) is 0 Å². The van der Waals surface area contributed by atoms with Crippen LogP contribution in [0.3, 0.4) is 0 Å². The highest BCUT2D eigenvalue weighted by molar-refractivity contribution is 6.30. The van der Waals surface area contributed by atoms with Crippen molar-refractivity contribution in [2.45, 2.75) is 13.3 Å². The molecule has 0 aromatic carbocycles. The maximum atomic E-state index is 11.7. The molecule has 0 aromatic heterocycles. The van der Waals surface area contributed by atoms with Crippen molar-refractivity contribution in [1.82, 2.24) is 0 Å². The van der Waals surface area contributed by atoms with E-state index in [0.717, 1.165) is 0 Å². The van der Waals surface area contributed by atoms with E-state index in [-0.39, 0.29) is 18.3 Å². The monoisotopic (exact) mass is 228 g/mol. The summed E-state index contributed by atoms with van der Waals surface area (Å²) >= 11 is 5.50. The molecular formula is C11H13ClO3. The van der Waals surface area contributed by atoms with E-state index in [0.29, 0.717) is 6.42 Å². The minimum absolute atomic E-state index is 0.184. The normalized spacial score (nSPS) is 23.9. The van der Waals surface area contributed by atoms with E-state index in [1.54, 1.807) is 31.2 Å². The van der Waals surface area contributed by atoms with Crippen LogP contribution in [-0.4, -0.2) is 24.2 Å². The molecule has 1 aliphatic rings. The quantitative estimate of drug-likeness (QED) is 0.419. The van der Waals surface area contributed by atoms with Gasteiger partial charge in [-0.15, -0.1) is 11.6 Å². The predicted molar refractivity (Wildman–Crippen MR) is 57.7 cm³/mol. The standard InChI is InChI=1S/C11H13ClO3/c1-2-15-10(14)11(9(13)8-12)6-4-3-5-7-11/h3-6H,2,7-8H2,1H3. The van der Waals surface area contributed by atoms with Gasteiger partial charge in [0.05, 0.1) is 12.5 Å². The van der Waals surface area contributed by atoms with E-state index < -0.39 is 11.4 Å². The lowest BCUT2D eigenvalue weighted by Crippen LogP contribution is -2.40. The number of Topliss-reactive ketones (excluding diaryl/α,β-unsaturated/α-hetero) is 1. The molecule has 3 nitrogen and oxygen atoms in total. The van der Waals surface area contributed by atoms with Crippen LogP contribution in [0.1, 0.15) is 13.3 Å². The van der Waals surface area contributed by atoms with Gasteiger partial charge in [0.2, 0.25) is 0 Å². The summed E-state index contributed by atoms with van der Waals surface area (Å²) in [6.45, 7) is 1.97. The molecule has 0 saturated carbocycles. The van der Waals surface area contributed by atoms with Crippen molar-refractivity contribution < 1.29 is 14.3 Å². The number of rotatable bonds is 4. The molecule has 1 aliphatic carbocycles. The van der Waals surface area contributed by atoms with E-state index in [2.05, 4.69) is 0 Å². The second-order valence-electron chi connectivity index (χ2n) is 3.24. The summed E-state index contributed by atoms with van der Waals surface area (Å²) in [5.74, 6) is -1.02. The van der Waals surface area contributed by atoms with Crippen LogP contribution in [0.4, 0.5) is 0 Å². The SMILES string of the molecule is CCOC(=O)C1(C(=O)CCl)C=CC=CC1. The first-order valence-electron chi connectivity index (χ1n) is 4.78. The number of hydrogen-bond acceptors (Lipinski definition) is 3. The van der Waals surface area contributed by atoms with Gasteiger partial charge in [0.15, 0.2) is 5.78 Å². The number of esters is 1. The molecular weight excluding hydrogens is 216 g/mol. The number of alkyl halides is 1. The number of carbonyl (C=O) groups is 2. The van der Waals surface area contributed by atoms with E-state index in [1.165, 1.54) is 0 Å². The predicted octanol–water partition coefficient (Wildman–Crippen LogP) is 1.86. The number of allylic oxidation sites excluding steroid dienone is 3. The molecule has 15 heavy (non-hydrogen) atoms. The highest BCUT2D eigenvalue weighted by atomic mass is 35.5. The van der Waals surface area contributed by atoms with Gasteiger partial charge in [-0.05, 0) is 13.3 Å². The Labute approximate surface area is 93.7 Å². The summed E-state index contributed by atoms with van der Waals surface area (Å²) in [4.78, 5) is 23.4. The fraction of sp³-hybridized carbons (Fsp3) is 0.455. The Bertz CT molecular complexity index is 320. The average Bonchev–Trinajstić information content (AvgIpc) is 2.29. The zero-order valence-electron chi connectivity index (χ0n) is 8.53. The Hall–Kier alpha value is -1.09. The van der Waals surface area contributed by atoms with Gasteiger partial charge >= 0.3 is 5.97 Å². The van der Waals surface area contributed by atoms with E-state index in [1.807, 2.05) is 0 Å². The van der Waals surface area contributed by atoms with Gasteiger partial charge in [0.1, 0.15) is 5.41 Å². The van der Waals surface area contributed by atoms with Crippen LogP contribution in [0.5, 0.6) is 0 Å². The Morgan fingerprint density at radius 2 is 2.20 bits per heavy atom. The molecule has 1 atom stereocenters. The molecule has 0 fully saturated rings. The number of halogens is 1. The molecule has 0 saturated heterocycles. The zero-order chi connectivity index (χ0) is 11.3. The van der Waals surface area contributed by atoms with Gasteiger partial charge in [0.25, 0.3) is 0 Å². The minimum Gasteiger partial charge on any atom is -0.465 e. The van der Waals surface area contributed by atoms with Gasteiger partial charge in [0, 0.05) is 0 Å². The fourth-order valence-electron chi connectivity index (χ4n) is 1.47. The van der Waals surface area contributed by atoms with Crippen LogP contribution in [0, 0.1) is 5.41 Å². The van der Waals surface area contributed by atoms with Crippen molar-refractivity contribution in [3.63, 3.8) is 0 Å². The molecule has 1 unspecified atom stereocenters. The summed E-state index contributed by atoms with van der Waals surface area (Å²) in [6, 6.07) is 0. The maximum absolute atomic E-state index is 11.7. The second-order valence-corrected chi connectivity index (χ2v) is 3.51. The van der Waals surface area contributed by atoms with Crippen LogP contribution in [-0.2, 0) is 14.3 Å². The Morgan fingerprint density at radius 3 is 2.67 bits per heavy atom. The zero-order valence-corrected chi connectivity index (χ0v) is 9.29. The molecule has 1 rings (SSSR count). The summed E-state index contributed by atoms with van der Waals surface area (Å²) in [5.41, 5.74) is -1.20. The first-order chi connectivity index (χ1) is 7.17. The number of ketones is 1. The van der Waals surface area contributed by atoms with E-state index in [4.69, 9.17) is 16.3 Å². The largest absolute Gasteiger partial charge is 0.465 e. The second kappa shape index (κ2) is 5.12. The smallest absolute Gasteiger partial charge is 0.323 e. The maximum Gasteiger partial charge on any atom is 0.323 e. The van der Waals surface area contributed by atoms with Crippen molar-refractivity contribution in [1.29, 1.82) is 0 Å². The van der Waals surface area contributed by atoms with Crippen LogP contribution < -0.4 is 0 Å². The topological polar surface area (TPSA) is 43.4 Å². The number of hydrogen-bond donors (Lipinski definition) is 0. The van der Waals surface area contributed by atoms with Gasteiger partial charge in [-0.25, -0.2) is 0 Å². The lowest BCUT2D eigenvalue weighted by Gasteiger charge is -2.26. The van der Waals surface area contributed by atoms with Crippen LogP contribution >= 0.6 is 11.6 Å². The first-order valence-corrected chi connectivity index (χ1v) is 5.31. The van der Waals surface area contributed by atoms with Crippen molar-refractivity contribution in [3.8, 4) is 0 Å². The minimum atomic E-state index is -1.20. The molecule has 0 bridgehead atoms. The molecule has 0 N–H and O–H groups in total. The van der Waals surface area contributed by atoms with E-state index >= 15 is 0 Å². The Kier molecular flexibility index (Phi) is 4.09. The van der Waals surface area contributed by atoms with Crippen LogP contribution in [0.2, 0.25) is 0 Å². The van der Waals surface area contributed by atoms with Gasteiger partial charge < -0.3 is 4.74 Å². The third-order valence-electron chi connectivity index (χ3n) is 2.33. The molecule has 0 spiro atoms. The summed E-state index contributed by atoms with van der Waals surface area (Å²) in [6.07, 6.45) is 7.12. The first kappa shape index (κ1) is 12.0. The lowest BCUT2D eigenvalue weighted by molar-refractivity contribution is -0.156. The molecule has 0 radical (unpaired) electrons. The molecule has 4 heteroatoms. The molecule has 0 aliphatic heterocycles. The third kappa shape index (κ3) is 2.29. The highest BCUT2D eigenvalue weighted by Crippen LogP contribution is 2.31. The van der Waals surface area contributed by atoms with E-state index in [9.17, 15) is 9.59 Å².